The maximum absolute atomic E-state index is 12.5. The number of esters is 2. The average molecular weight is 516 g/mol. The summed E-state index contributed by atoms with van der Waals surface area (Å²) in [5.41, 5.74) is 0.527. The number of thioether (sulfide) groups is 1. The van der Waals surface area contributed by atoms with Crippen molar-refractivity contribution in [3.63, 3.8) is 0 Å². The number of amides is 1. The molecule has 0 bridgehead atoms. The number of ether oxygens (including phenoxy) is 2. The minimum atomic E-state index is -0.629. The lowest BCUT2D eigenvalue weighted by molar-refractivity contribution is -0.113. The third kappa shape index (κ3) is 5.68. The Hall–Kier alpha value is -2.41. The van der Waals surface area contributed by atoms with E-state index in [2.05, 4.69) is 15.5 Å². The summed E-state index contributed by atoms with van der Waals surface area (Å²) in [7, 11) is 0. The first-order chi connectivity index (χ1) is 15.3. The van der Waals surface area contributed by atoms with Gasteiger partial charge in [0, 0.05) is 0 Å². The fourth-order valence-electron chi connectivity index (χ4n) is 2.53. The van der Waals surface area contributed by atoms with Crippen LogP contribution in [-0.4, -0.2) is 47.0 Å². The number of aromatic nitrogens is 2. The highest BCUT2D eigenvalue weighted by Crippen LogP contribution is 2.35. The van der Waals surface area contributed by atoms with Crippen LogP contribution in [0.15, 0.2) is 21.8 Å². The summed E-state index contributed by atoms with van der Waals surface area (Å²) >= 11 is 9.21. The number of hydrogen-bond acceptors (Lipinski definition) is 11. The highest BCUT2D eigenvalue weighted by Gasteiger charge is 2.27. The van der Waals surface area contributed by atoms with Crippen LogP contribution in [0.3, 0.4) is 0 Å². The second kappa shape index (κ2) is 10.9. The quantitative estimate of drug-likeness (QED) is 0.313. The van der Waals surface area contributed by atoms with Crippen LogP contribution in [0.25, 0.3) is 10.8 Å². The number of carbonyl (C=O) groups excluding carboxylic acids is 3. The molecule has 0 radical (unpaired) electrons. The molecule has 0 aromatic carbocycles. The predicted octanol–water partition coefficient (Wildman–Crippen LogP) is 4.91. The number of carbonyl (C=O) groups is 3. The molecule has 3 aromatic heterocycles. The molecule has 0 saturated heterocycles. The molecular formula is C19H18ClN3O6S3. The number of anilines is 1. The Morgan fingerprint density at radius 1 is 1.12 bits per heavy atom. The molecule has 0 saturated carbocycles. The zero-order valence-corrected chi connectivity index (χ0v) is 20.4. The minimum absolute atomic E-state index is 0.0548. The molecule has 0 atom stereocenters. The fraction of sp³-hybridized carbons (Fsp3) is 0.316. The van der Waals surface area contributed by atoms with E-state index in [-0.39, 0.29) is 39.6 Å². The van der Waals surface area contributed by atoms with E-state index in [0.29, 0.717) is 15.8 Å². The molecule has 0 unspecified atom stereocenters. The van der Waals surface area contributed by atoms with Crippen LogP contribution in [0.5, 0.6) is 0 Å². The zero-order valence-electron chi connectivity index (χ0n) is 17.2. The molecule has 3 rings (SSSR count). The standard InChI is InChI=1S/C19H18ClN3O6S3/c1-4-27-17(25)13-9(3)14(18(26)28-5-2)32-16(13)21-12(24)8-30-19-23-22-15(29-19)10-6-7-11(20)31-10/h6-7H,4-5,8H2,1-3H3,(H,21,24). The first-order valence-electron chi connectivity index (χ1n) is 9.33. The van der Waals surface area contributed by atoms with E-state index >= 15 is 0 Å². The van der Waals surface area contributed by atoms with Crippen molar-refractivity contribution < 1.29 is 28.3 Å². The van der Waals surface area contributed by atoms with Crippen molar-refractivity contribution in [2.24, 2.45) is 0 Å². The first kappa shape index (κ1) is 24.2. The molecule has 32 heavy (non-hydrogen) atoms. The lowest BCUT2D eigenvalue weighted by Crippen LogP contribution is -2.16. The van der Waals surface area contributed by atoms with Crippen molar-refractivity contribution >= 4 is 68.9 Å². The van der Waals surface area contributed by atoms with E-state index in [1.807, 2.05) is 0 Å². The molecule has 0 spiro atoms. The SMILES string of the molecule is CCOC(=O)c1sc(NC(=O)CSc2nnc(-c3ccc(Cl)s3)o2)c(C(=O)OCC)c1C. The van der Waals surface area contributed by atoms with Gasteiger partial charge in [-0.3, -0.25) is 4.79 Å². The number of thiophene rings is 2. The van der Waals surface area contributed by atoms with Crippen LogP contribution in [0.2, 0.25) is 4.34 Å². The number of halogens is 1. The number of hydrogen-bond donors (Lipinski definition) is 1. The highest BCUT2D eigenvalue weighted by atomic mass is 35.5. The van der Waals surface area contributed by atoms with Crippen LogP contribution in [0.4, 0.5) is 5.00 Å². The van der Waals surface area contributed by atoms with Gasteiger partial charge in [-0.2, -0.15) is 0 Å². The zero-order chi connectivity index (χ0) is 23.3. The van der Waals surface area contributed by atoms with Gasteiger partial charge in [-0.1, -0.05) is 23.4 Å². The number of rotatable bonds is 9. The van der Waals surface area contributed by atoms with Gasteiger partial charge in [-0.25, -0.2) is 9.59 Å². The molecule has 0 aliphatic carbocycles. The van der Waals surface area contributed by atoms with Gasteiger partial charge < -0.3 is 19.2 Å². The van der Waals surface area contributed by atoms with E-state index in [1.165, 1.54) is 11.3 Å². The summed E-state index contributed by atoms with van der Waals surface area (Å²) in [6.45, 7) is 5.30. The smallest absolute Gasteiger partial charge is 0.348 e. The molecule has 9 nitrogen and oxygen atoms in total. The molecule has 0 aliphatic rings. The fourth-order valence-corrected chi connectivity index (χ4v) is 5.16. The Kier molecular flexibility index (Phi) is 8.29. The van der Waals surface area contributed by atoms with Gasteiger partial charge >= 0.3 is 11.9 Å². The Morgan fingerprint density at radius 2 is 1.84 bits per heavy atom. The minimum Gasteiger partial charge on any atom is -0.462 e. The van der Waals surface area contributed by atoms with Crippen LogP contribution in [-0.2, 0) is 14.3 Å². The lowest BCUT2D eigenvalue weighted by atomic mass is 10.1. The molecule has 13 heteroatoms. The van der Waals surface area contributed by atoms with Crippen molar-refractivity contribution in [3.05, 3.63) is 32.5 Å². The Balaban J connectivity index is 1.71. The third-order valence-electron chi connectivity index (χ3n) is 3.86. The summed E-state index contributed by atoms with van der Waals surface area (Å²) in [5.74, 6) is -1.36. The topological polar surface area (TPSA) is 121 Å². The molecule has 1 N–H and O–H groups in total. The van der Waals surface area contributed by atoms with Gasteiger partial charge in [0.1, 0.15) is 9.88 Å². The van der Waals surface area contributed by atoms with Crippen LogP contribution in [0, 0.1) is 6.92 Å². The summed E-state index contributed by atoms with van der Waals surface area (Å²) in [5, 5.41) is 10.9. The molecular weight excluding hydrogens is 498 g/mol. The van der Waals surface area contributed by atoms with Crippen LogP contribution in [0.1, 0.15) is 39.4 Å². The Labute approximate surface area is 200 Å². The van der Waals surface area contributed by atoms with Crippen molar-refractivity contribution in [2.75, 3.05) is 24.3 Å². The van der Waals surface area contributed by atoms with Gasteiger partial charge in [0.25, 0.3) is 11.1 Å². The van der Waals surface area contributed by atoms with E-state index < -0.39 is 17.8 Å². The lowest BCUT2D eigenvalue weighted by Gasteiger charge is -2.06. The summed E-state index contributed by atoms with van der Waals surface area (Å²) in [6, 6.07) is 3.49. The van der Waals surface area contributed by atoms with Crippen molar-refractivity contribution in [2.45, 2.75) is 26.0 Å². The molecule has 1 amide bonds. The average Bonchev–Trinajstić information content (AvgIpc) is 3.46. The van der Waals surface area contributed by atoms with Gasteiger partial charge in [0.15, 0.2) is 0 Å². The number of nitrogens with zero attached hydrogens (tertiary/aromatic N) is 2. The first-order valence-corrected chi connectivity index (χ1v) is 12.3. The Morgan fingerprint density at radius 3 is 2.50 bits per heavy atom. The van der Waals surface area contributed by atoms with E-state index in [9.17, 15) is 14.4 Å². The van der Waals surface area contributed by atoms with Crippen molar-refractivity contribution in [1.82, 2.24) is 10.2 Å². The maximum Gasteiger partial charge on any atom is 0.348 e. The Bertz CT molecular complexity index is 1140. The highest BCUT2D eigenvalue weighted by molar-refractivity contribution is 7.99. The van der Waals surface area contributed by atoms with Gasteiger partial charge in [0.05, 0.1) is 33.7 Å². The third-order valence-corrected chi connectivity index (χ3v) is 7.08. The van der Waals surface area contributed by atoms with E-state index in [4.69, 9.17) is 25.5 Å². The number of nitrogens with one attached hydrogen (secondary N) is 1. The molecule has 3 aromatic rings. The van der Waals surface area contributed by atoms with Gasteiger partial charge in [0.2, 0.25) is 5.91 Å². The van der Waals surface area contributed by atoms with Crippen LogP contribution < -0.4 is 5.32 Å². The monoisotopic (exact) mass is 515 g/mol. The van der Waals surface area contributed by atoms with E-state index in [1.54, 1.807) is 32.9 Å². The summed E-state index contributed by atoms with van der Waals surface area (Å²) in [6.07, 6.45) is 0. The second-order valence-corrected chi connectivity index (χ2v) is 9.68. The van der Waals surface area contributed by atoms with Gasteiger partial charge in [-0.05, 0) is 38.5 Å². The molecule has 170 valence electrons. The molecule has 3 heterocycles. The van der Waals surface area contributed by atoms with Crippen LogP contribution >= 0.6 is 46.0 Å². The summed E-state index contributed by atoms with van der Waals surface area (Å²) < 4.78 is 16.2. The predicted molar refractivity (Wildman–Crippen MR) is 123 cm³/mol. The van der Waals surface area contributed by atoms with E-state index in [0.717, 1.165) is 28.0 Å². The molecule has 0 fully saturated rings. The van der Waals surface area contributed by atoms with Crippen molar-refractivity contribution in [3.8, 4) is 10.8 Å². The van der Waals surface area contributed by atoms with Gasteiger partial charge in [-0.15, -0.1) is 32.9 Å². The summed E-state index contributed by atoms with van der Waals surface area (Å²) in [4.78, 5) is 38.1. The second-order valence-electron chi connectivity index (χ2n) is 6.01. The normalized spacial score (nSPS) is 10.8. The largest absolute Gasteiger partial charge is 0.462 e. The van der Waals surface area contributed by atoms with Crippen molar-refractivity contribution in [1.29, 1.82) is 0 Å². The molecule has 0 aliphatic heterocycles. The maximum atomic E-state index is 12.5.